The van der Waals surface area contributed by atoms with Gasteiger partial charge in [0.2, 0.25) is 23.6 Å². The highest BCUT2D eigenvalue weighted by atomic mass is 16.5. The van der Waals surface area contributed by atoms with Crippen LogP contribution in [0.3, 0.4) is 0 Å². The molecular formula is C28H45N7O6. The zero-order chi connectivity index (χ0) is 30.5. The largest absolute Gasteiger partial charge is 0.494 e. The van der Waals surface area contributed by atoms with E-state index in [-0.39, 0.29) is 30.6 Å². The Morgan fingerprint density at radius 2 is 1.88 bits per heavy atom. The Kier molecular flexibility index (Phi) is 13.3. The highest BCUT2D eigenvalue weighted by Crippen LogP contribution is 2.27. The highest BCUT2D eigenvalue weighted by molar-refractivity contribution is 5.94. The van der Waals surface area contributed by atoms with Crippen molar-refractivity contribution in [3.05, 3.63) is 29.8 Å². The first kappa shape index (κ1) is 33.3. The van der Waals surface area contributed by atoms with Crippen LogP contribution in [0.4, 0.5) is 0 Å². The molecule has 1 aromatic carbocycles. The van der Waals surface area contributed by atoms with Gasteiger partial charge in [-0.05, 0) is 55.7 Å². The molecule has 0 aliphatic carbocycles. The van der Waals surface area contributed by atoms with Crippen LogP contribution >= 0.6 is 0 Å². The first-order valence-electron chi connectivity index (χ1n) is 14.0. The van der Waals surface area contributed by atoms with Crippen LogP contribution in [-0.4, -0.2) is 79.0 Å². The van der Waals surface area contributed by atoms with E-state index in [0.29, 0.717) is 44.6 Å². The molecule has 4 amide bonds. The van der Waals surface area contributed by atoms with E-state index in [1.165, 1.54) is 4.90 Å². The number of nitrogens with one attached hydrogen (secondary N) is 5. The first-order chi connectivity index (χ1) is 19.4. The summed E-state index contributed by atoms with van der Waals surface area (Å²) < 4.78 is 5.80. The number of nitrogens with zero attached hydrogens (tertiary/aromatic N) is 1. The normalized spacial score (nSPS) is 20.1. The quantitative estimate of drug-likeness (QED) is 0.0688. The second-order valence-electron chi connectivity index (χ2n) is 11.0. The number of hydrogen-bond donors (Lipinski definition) is 7. The van der Waals surface area contributed by atoms with Gasteiger partial charge >= 0.3 is 0 Å². The number of likely N-dealkylation sites (N-methyl/N-ethyl adjacent to an activating group) is 1. The van der Waals surface area contributed by atoms with Gasteiger partial charge in [-0.2, -0.15) is 0 Å². The third kappa shape index (κ3) is 10.9. The molecule has 8 N–H and O–H groups in total. The molecule has 2 heterocycles. The van der Waals surface area contributed by atoms with Crippen LogP contribution in [0.2, 0.25) is 0 Å². The molecule has 1 aromatic rings. The Hall–Kier alpha value is -3.87. The third-order valence-electron chi connectivity index (χ3n) is 6.96. The topological polar surface area (TPSA) is 199 Å². The van der Waals surface area contributed by atoms with Gasteiger partial charge < -0.3 is 31.3 Å². The molecule has 1 unspecified atom stereocenters. The molecule has 0 saturated heterocycles. The van der Waals surface area contributed by atoms with Crippen LogP contribution in [0, 0.1) is 23.2 Å². The fourth-order valence-corrected chi connectivity index (χ4v) is 4.87. The minimum absolute atomic E-state index is 0.0552. The molecule has 228 valence electrons. The molecule has 2 bridgehead atoms. The lowest BCUT2D eigenvalue weighted by atomic mass is 9.81. The maximum absolute atomic E-state index is 13.7. The SMILES string of the molecule is CC(C)C[C@H]1C(=O)NC(C(=O)N[C@@H](CCCNC(=N)N)C(=O)N(C)C)Cc2ccc(cc2)OCCC[C@@H]1C(=O)NO. The van der Waals surface area contributed by atoms with E-state index in [0.717, 1.165) is 5.56 Å². The molecule has 0 radical (unpaired) electrons. The van der Waals surface area contributed by atoms with E-state index in [1.54, 1.807) is 31.7 Å². The van der Waals surface area contributed by atoms with Gasteiger partial charge in [-0.3, -0.25) is 29.8 Å². The van der Waals surface area contributed by atoms with Crippen molar-refractivity contribution in [2.75, 3.05) is 27.2 Å². The summed E-state index contributed by atoms with van der Waals surface area (Å²) >= 11 is 0. The molecule has 4 atom stereocenters. The van der Waals surface area contributed by atoms with Crippen LogP contribution in [-0.2, 0) is 25.6 Å². The van der Waals surface area contributed by atoms with Crippen LogP contribution in [0.15, 0.2) is 24.3 Å². The van der Waals surface area contributed by atoms with E-state index in [1.807, 2.05) is 26.0 Å². The zero-order valence-corrected chi connectivity index (χ0v) is 24.4. The number of fused-ring (bicyclic) bond motifs is 11. The minimum Gasteiger partial charge on any atom is -0.494 e. The summed E-state index contributed by atoms with van der Waals surface area (Å²) in [5.41, 5.74) is 7.79. The molecular weight excluding hydrogens is 530 g/mol. The van der Waals surface area contributed by atoms with Crippen LogP contribution < -0.4 is 31.9 Å². The van der Waals surface area contributed by atoms with Crippen molar-refractivity contribution in [1.29, 1.82) is 5.41 Å². The maximum atomic E-state index is 13.7. The summed E-state index contributed by atoms with van der Waals surface area (Å²) in [6, 6.07) is 5.27. The molecule has 0 fully saturated rings. The molecule has 0 saturated carbocycles. The first-order valence-corrected chi connectivity index (χ1v) is 14.0. The number of ether oxygens (including phenoxy) is 1. The monoisotopic (exact) mass is 575 g/mol. The van der Waals surface area contributed by atoms with Crippen molar-refractivity contribution in [2.24, 2.45) is 23.5 Å². The van der Waals surface area contributed by atoms with E-state index in [2.05, 4.69) is 16.0 Å². The van der Waals surface area contributed by atoms with Crippen molar-refractivity contribution in [3.8, 4) is 5.75 Å². The van der Waals surface area contributed by atoms with Gasteiger partial charge in [0.1, 0.15) is 17.8 Å². The number of carbonyl (C=O) groups excluding carboxylic acids is 4. The number of hydrogen-bond acceptors (Lipinski definition) is 7. The van der Waals surface area contributed by atoms with Gasteiger partial charge in [0, 0.05) is 33.0 Å². The number of benzene rings is 1. The fraction of sp³-hybridized carbons (Fsp3) is 0.607. The van der Waals surface area contributed by atoms with E-state index in [9.17, 15) is 24.4 Å². The number of hydroxylamine groups is 1. The lowest BCUT2D eigenvalue weighted by molar-refractivity contribution is -0.142. The van der Waals surface area contributed by atoms with Crippen molar-refractivity contribution < 1.29 is 29.1 Å². The van der Waals surface area contributed by atoms with E-state index >= 15 is 0 Å². The summed E-state index contributed by atoms with van der Waals surface area (Å²) in [6.45, 7) is 4.54. The van der Waals surface area contributed by atoms with Crippen molar-refractivity contribution >= 4 is 29.6 Å². The van der Waals surface area contributed by atoms with Gasteiger partial charge in [-0.25, -0.2) is 5.48 Å². The predicted molar refractivity (Wildman–Crippen MR) is 153 cm³/mol. The van der Waals surface area contributed by atoms with Crippen molar-refractivity contribution in [3.63, 3.8) is 0 Å². The zero-order valence-electron chi connectivity index (χ0n) is 24.4. The second-order valence-corrected chi connectivity index (χ2v) is 11.0. The van der Waals surface area contributed by atoms with Crippen LogP contribution in [0.5, 0.6) is 5.75 Å². The number of guanidine groups is 1. The van der Waals surface area contributed by atoms with Gasteiger partial charge in [0.15, 0.2) is 5.96 Å². The second kappa shape index (κ2) is 16.4. The standard InChI is InChI=1S/C28H45N7O6/c1-17(2)15-21-20(25(37)34-40)7-6-14-41-19-11-9-18(10-12-19)16-23(33-24(21)36)26(38)32-22(27(39)35(3)4)8-5-13-31-28(29)30/h9-12,17,20-23,40H,5-8,13-16H2,1-4H3,(H,32,38)(H,33,36)(H,34,37)(H4,29,30,31)/t20-,21+,22-,23?/m0/s1. The van der Waals surface area contributed by atoms with Gasteiger partial charge in [0.25, 0.3) is 0 Å². The Labute approximate surface area is 241 Å². The Bertz CT molecular complexity index is 1050. The van der Waals surface area contributed by atoms with Gasteiger partial charge in [0.05, 0.1) is 12.5 Å². The Morgan fingerprint density at radius 1 is 1.20 bits per heavy atom. The number of nitrogens with two attached hydrogens (primary N) is 1. The summed E-state index contributed by atoms with van der Waals surface area (Å²) in [5, 5.41) is 25.1. The minimum atomic E-state index is -1.04. The van der Waals surface area contributed by atoms with Gasteiger partial charge in [-0.15, -0.1) is 0 Å². The average Bonchev–Trinajstić information content (AvgIpc) is 2.92. The summed E-state index contributed by atoms with van der Waals surface area (Å²) in [5.74, 6) is -3.15. The summed E-state index contributed by atoms with van der Waals surface area (Å²) in [7, 11) is 3.18. The molecule has 0 spiro atoms. The molecule has 3 rings (SSSR count). The van der Waals surface area contributed by atoms with E-state index in [4.69, 9.17) is 15.9 Å². The third-order valence-corrected chi connectivity index (χ3v) is 6.96. The summed E-state index contributed by atoms with van der Waals surface area (Å²) in [6.07, 6.45) is 2.00. The molecule has 41 heavy (non-hydrogen) atoms. The van der Waals surface area contributed by atoms with Gasteiger partial charge in [-0.1, -0.05) is 26.0 Å². The molecule has 2 aliphatic rings. The van der Waals surface area contributed by atoms with Crippen molar-refractivity contribution in [2.45, 2.75) is 64.5 Å². The lowest BCUT2D eigenvalue weighted by Gasteiger charge is -2.30. The van der Waals surface area contributed by atoms with E-state index < -0.39 is 41.6 Å². The molecule has 2 aliphatic heterocycles. The Balaban J connectivity index is 2.39. The maximum Gasteiger partial charge on any atom is 0.247 e. The fourth-order valence-electron chi connectivity index (χ4n) is 4.87. The summed E-state index contributed by atoms with van der Waals surface area (Å²) in [4.78, 5) is 54.3. The highest BCUT2D eigenvalue weighted by Gasteiger charge is 2.36. The number of carbonyl (C=O) groups is 4. The Morgan fingerprint density at radius 3 is 2.46 bits per heavy atom. The van der Waals surface area contributed by atoms with Crippen molar-refractivity contribution in [1.82, 2.24) is 26.3 Å². The molecule has 13 heteroatoms. The number of rotatable bonds is 10. The average molecular weight is 576 g/mol. The van der Waals surface area contributed by atoms with Crippen LogP contribution in [0.1, 0.15) is 51.5 Å². The molecule has 0 aromatic heterocycles. The predicted octanol–water partition coefficient (Wildman–Crippen LogP) is 0.507. The molecule has 13 nitrogen and oxygen atoms in total. The smallest absolute Gasteiger partial charge is 0.247 e. The number of amides is 4. The van der Waals surface area contributed by atoms with Crippen LogP contribution in [0.25, 0.3) is 0 Å². The lowest BCUT2D eigenvalue weighted by Crippen LogP contribution is -2.56.